The summed E-state index contributed by atoms with van der Waals surface area (Å²) in [5, 5.41) is 6.39. The molecule has 0 unspecified atom stereocenters. The third-order valence-electron chi connectivity index (χ3n) is 5.32. The first-order chi connectivity index (χ1) is 13.1. The first-order valence-electron chi connectivity index (χ1n) is 9.43. The van der Waals surface area contributed by atoms with E-state index in [9.17, 15) is 9.18 Å². The van der Waals surface area contributed by atoms with Crippen LogP contribution in [0, 0.1) is 5.82 Å². The Morgan fingerprint density at radius 3 is 3.04 bits per heavy atom. The fraction of sp³-hybridized carbons (Fsp3) is 0.450. The van der Waals surface area contributed by atoms with Gasteiger partial charge >= 0.3 is 0 Å². The predicted molar refractivity (Wildman–Crippen MR) is 98.7 cm³/mol. The summed E-state index contributed by atoms with van der Waals surface area (Å²) in [5.41, 5.74) is 0.366. The van der Waals surface area contributed by atoms with Crippen molar-refractivity contribution < 1.29 is 13.9 Å². The van der Waals surface area contributed by atoms with Crippen LogP contribution in [0.25, 0.3) is 11.3 Å². The summed E-state index contributed by atoms with van der Waals surface area (Å²) in [4.78, 5) is 21.3. The summed E-state index contributed by atoms with van der Waals surface area (Å²) in [7, 11) is 0. The molecule has 2 saturated heterocycles. The number of rotatable bonds is 4. The van der Waals surface area contributed by atoms with Crippen molar-refractivity contribution in [3.63, 3.8) is 0 Å². The average molecular weight is 370 g/mol. The topological polar surface area (TPSA) is 76.1 Å². The van der Waals surface area contributed by atoms with Crippen LogP contribution in [0.2, 0.25) is 0 Å². The quantitative estimate of drug-likeness (QED) is 0.866. The van der Waals surface area contributed by atoms with E-state index in [1.165, 1.54) is 6.07 Å². The molecule has 6 nitrogen and oxygen atoms in total. The van der Waals surface area contributed by atoms with Crippen LogP contribution in [0.15, 0.2) is 30.5 Å². The van der Waals surface area contributed by atoms with Gasteiger partial charge in [0, 0.05) is 18.3 Å². The lowest BCUT2D eigenvalue weighted by atomic mass is 9.88. The number of carbonyl (C=O) groups excluding carboxylic acids is 1. The molecule has 142 valence electrons. The molecule has 1 aromatic carbocycles. The summed E-state index contributed by atoms with van der Waals surface area (Å²) in [6.45, 7) is 3.12. The molecular formula is C20H23FN4O2. The highest BCUT2D eigenvalue weighted by atomic mass is 19.1. The number of amides is 1. The van der Waals surface area contributed by atoms with Gasteiger partial charge in [-0.25, -0.2) is 14.4 Å². The molecule has 3 heterocycles. The fourth-order valence-corrected chi connectivity index (χ4v) is 3.96. The second-order valence-corrected chi connectivity index (χ2v) is 7.05. The Balaban J connectivity index is 1.60. The van der Waals surface area contributed by atoms with E-state index in [-0.39, 0.29) is 17.8 Å². The number of aromatic nitrogens is 2. The standard InChI is InChI=1S/C20H23FN4O2/c1-2-27-13-4-5-15(21)14(12-13)16-7-11-22-18(24-16)17-6-9-20(25-17)8-3-10-23-19(20)26/h4-5,7,11-12,17,25H,2-3,6,8-10H2,1H3,(H,23,26)/t17-,20+/m1/s1. The highest BCUT2D eigenvalue weighted by Crippen LogP contribution is 2.36. The SMILES string of the molecule is CCOc1ccc(F)c(-c2ccnc([C@H]3CC[C@]4(CCCNC4=O)N3)n2)c1. The molecule has 2 aliphatic heterocycles. The first-order valence-corrected chi connectivity index (χ1v) is 9.43. The van der Waals surface area contributed by atoms with E-state index in [1.807, 2.05) is 6.92 Å². The third kappa shape index (κ3) is 3.39. The molecule has 4 rings (SSSR count). The van der Waals surface area contributed by atoms with Crippen LogP contribution in [0.5, 0.6) is 5.75 Å². The largest absolute Gasteiger partial charge is 0.494 e. The second kappa shape index (κ2) is 7.23. The van der Waals surface area contributed by atoms with Gasteiger partial charge in [-0.15, -0.1) is 0 Å². The lowest BCUT2D eigenvalue weighted by Gasteiger charge is -2.33. The molecule has 2 atom stereocenters. The molecule has 0 radical (unpaired) electrons. The van der Waals surface area contributed by atoms with Crippen molar-refractivity contribution in [2.45, 2.75) is 44.2 Å². The van der Waals surface area contributed by atoms with E-state index in [4.69, 9.17) is 4.74 Å². The second-order valence-electron chi connectivity index (χ2n) is 7.05. The number of hydrogen-bond acceptors (Lipinski definition) is 5. The Kier molecular flexibility index (Phi) is 4.78. The molecule has 1 amide bonds. The molecule has 0 saturated carbocycles. The minimum Gasteiger partial charge on any atom is -0.494 e. The van der Waals surface area contributed by atoms with E-state index in [0.717, 1.165) is 32.2 Å². The molecule has 2 N–H and O–H groups in total. The first kappa shape index (κ1) is 17.9. The number of nitrogens with one attached hydrogen (secondary N) is 2. The number of hydrogen-bond donors (Lipinski definition) is 2. The average Bonchev–Trinajstić information content (AvgIpc) is 3.11. The van der Waals surface area contributed by atoms with Gasteiger partial charge in [0.25, 0.3) is 0 Å². The van der Waals surface area contributed by atoms with Gasteiger partial charge < -0.3 is 10.1 Å². The number of benzene rings is 1. The van der Waals surface area contributed by atoms with E-state index in [2.05, 4.69) is 20.6 Å². The van der Waals surface area contributed by atoms with Crippen LogP contribution in [0.1, 0.15) is 44.5 Å². The lowest BCUT2D eigenvalue weighted by molar-refractivity contribution is -0.129. The molecule has 2 fully saturated rings. The van der Waals surface area contributed by atoms with E-state index >= 15 is 0 Å². The molecule has 1 spiro atoms. The molecule has 0 bridgehead atoms. The van der Waals surface area contributed by atoms with Gasteiger partial charge in [-0.1, -0.05) is 0 Å². The number of halogens is 1. The van der Waals surface area contributed by atoms with Crippen molar-refractivity contribution in [1.29, 1.82) is 0 Å². The van der Waals surface area contributed by atoms with Gasteiger partial charge in [0.05, 0.1) is 23.9 Å². The summed E-state index contributed by atoms with van der Waals surface area (Å²) >= 11 is 0. The monoisotopic (exact) mass is 370 g/mol. The van der Waals surface area contributed by atoms with Crippen molar-refractivity contribution >= 4 is 5.91 Å². The van der Waals surface area contributed by atoms with Crippen LogP contribution < -0.4 is 15.4 Å². The molecule has 27 heavy (non-hydrogen) atoms. The molecule has 0 aliphatic carbocycles. The van der Waals surface area contributed by atoms with Crippen molar-refractivity contribution in [1.82, 2.24) is 20.6 Å². The van der Waals surface area contributed by atoms with Gasteiger partial charge in [-0.2, -0.15) is 0 Å². The highest BCUT2D eigenvalue weighted by Gasteiger charge is 2.46. The maximum atomic E-state index is 14.4. The highest BCUT2D eigenvalue weighted by molar-refractivity contribution is 5.87. The minimum atomic E-state index is -0.525. The summed E-state index contributed by atoms with van der Waals surface area (Å²) < 4.78 is 19.8. The van der Waals surface area contributed by atoms with Crippen LogP contribution >= 0.6 is 0 Å². The number of nitrogens with zero attached hydrogens (tertiary/aromatic N) is 2. The number of piperidine rings is 1. The van der Waals surface area contributed by atoms with Crippen LogP contribution in [-0.4, -0.2) is 34.6 Å². The molecule has 2 aromatic rings. The molecule has 7 heteroatoms. The molecule has 2 aliphatic rings. The summed E-state index contributed by atoms with van der Waals surface area (Å²) in [5.74, 6) is 0.892. The van der Waals surface area contributed by atoms with Crippen LogP contribution in [-0.2, 0) is 4.79 Å². The van der Waals surface area contributed by atoms with Crippen molar-refractivity contribution in [3.8, 4) is 17.0 Å². The van der Waals surface area contributed by atoms with Crippen molar-refractivity contribution in [3.05, 3.63) is 42.1 Å². The number of carbonyl (C=O) groups is 1. The number of ether oxygens (including phenoxy) is 1. The van der Waals surface area contributed by atoms with Gasteiger partial charge in [0.1, 0.15) is 17.4 Å². The van der Waals surface area contributed by atoms with Crippen molar-refractivity contribution in [2.75, 3.05) is 13.2 Å². The van der Waals surface area contributed by atoms with E-state index in [0.29, 0.717) is 29.4 Å². The zero-order valence-corrected chi connectivity index (χ0v) is 15.3. The zero-order chi connectivity index (χ0) is 18.9. The Morgan fingerprint density at radius 1 is 1.33 bits per heavy atom. The zero-order valence-electron chi connectivity index (χ0n) is 15.3. The minimum absolute atomic E-state index is 0.0582. The lowest BCUT2D eigenvalue weighted by Crippen LogP contribution is -2.57. The normalized spacial score (nSPS) is 24.8. The van der Waals surface area contributed by atoms with Crippen molar-refractivity contribution in [2.24, 2.45) is 0 Å². The Bertz CT molecular complexity index is 860. The fourth-order valence-electron chi connectivity index (χ4n) is 3.96. The van der Waals surface area contributed by atoms with Crippen LogP contribution in [0.3, 0.4) is 0 Å². The maximum absolute atomic E-state index is 14.4. The molecule has 1 aromatic heterocycles. The molecular weight excluding hydrogens is 347 g/mol. The third-order valence-corrected chi connectivity index (χ3v) is 5.32. The Hall–Kier alpha value is -2.54. The van der Waals surface area contributed by atoms with E-state index < -0.39 is 5.54 Å². The maximum Gasteiger partial charge on any atom is 0.240 e. The van der Waals surface area contributed by atoms with Gasteiger partial charge in [0.2, 0.25) is 5.91 Å². The Labute approximate surface area is 157 Å². The van der Waals surface area contributed by atoms with E-state index in [1.54, 1.807) is 24.4 Å². The summed E-state index contributed by atoms with van der Waals surface area (Å²) in [6.07, 6.45) is 4.95. The van der Waals surface area contributed by atoms with Gasteiger partial charge in [-0.05, 0) is 56.9 Å². The smallest absolute Gasteiger partial charge is 0.240 e. The predicted octanol–water partition coefficient (Wildman–Crippen LogP) is 2.75. The van der Waals surface area contributed by atoms with Crippen LogP contribution in [0.4, 0.5) is 4.39 Å². The van der Waals surface area contributed by atoms with Gasteiger partial charge in [-0.3, -0.25) is 10.1 Å². The summed E-state index contributed by atoms with van der Waals surface area (Å²) in [6, 6.07) is 6.22. The van der Waals surface area contributed by atoms with Gasteiger partial charge in [0.15, 0.2) is 0 Å². The Morgan fingerprint density at radius 2 is 2.22 bits per heavy atom.